The first-order valence-corrected chi connectivity index (χ1v) is 8.95. The molecular formula is C14H20F2NO8P. The summed E-state index contributed by atoms with van der Waals surface area (Å²) >= 11 is 0. The van der Waals surface area contributed by atoms with Crippen molar-refractivity contribution in [3.8, 4) is 0 Å². The predicted octanol–water partition coefficient (Wildman–Crippen LogP) is -0.180. The first-order chi connectivity index (χ1) is 12.0. The normalized spacial score (nSPS) is 16.0. The van der Waals surface area contributed by atoms with E-state index in [-0.39, 0.29) is 13.0 Å². The van der Waals surface area contributed by atoms with Gasteiger partial charge in [-0.1, -0.05) is 30.3 Å². The van der Waals surface area contributed by atoms with E-state index in [2.05, 4.69) is 0 Å². The zero-order valence-corrected chi connectivity index (χ0v) is 14.3. The summed E-state index contributed by atoms with van der Waals surface area (Å²) in [5.74, 6) is 0. The number of carbonyl (C=O) groups is 1. The molecule has 26 heavy (non-hydrogen) atoms. The molecule has 1 aromatic carbocycles. The van der Waals surface area contributed by atoms with Gasteiger partial charge in [-0.25, -0.2) is 5.06 Å². The van der Waals surface area contributed by atoms with E-state index in [9.17, 15) is 33.5 Å². The summed E-state index contributed by atoms with van der Waals surface area (Å²) in [5.41, 5.74) is -3.89. The number of nitrogens with zero attached hydrogens (tertiary/aromatic N) is 1. The second-order valence-electron chi connectivity index (χ2n) is 5.50. The lowest BCUT2D eigenvalue weighted by atomic mass is 10.1. The van der Waals surface area contributed by atoms with Gasteiger partial charge in [-0.2, -0.15) is 8.78 Å². The molecule has 5 N–H and O–H groups in total. The molecule has 0 saturated carbocycles. The van der Waals surface area contributed by atoms with Gasteiger partial charge in [0.05, 0.1) is 19.1 Å². The molecule has 0 aromatic heterocycles. The summed E-state index contributed by atoms with van der Waals surface area (Å²) in [6, 6.07) is 8.60. The van der Waals surface area contributed by atoms with Gasteiger partial charge in [0.2, 0.25) is 6.41 Å². The first-order valence-electron chi connectivity index (χ1n) is 7.34. The van der Waals surface area contributed by atoms with Crippen molar-refractivity contribution in [1.29, 1.82) is 0 Å². The van der Waals surface area contributed by atoms with Gasteiger partial charge >= 0.3 is 13.3 Å². The number of halogens is 2. The Balaban J connectivity index is 2.58. The second-order valence-corrected chi connectivity index (χ2v) is 7.25. The smallest absolute Gasteiger partial charge is 0.390 e. The van der Waals surface area contributed by atoms with Crippen LogP contribution in [0.2, 0.25) is 0 Å². The van der Waals surface area contributed by atoms with Gasteiger partial charge in [-0.05, 0) is 5.56 Å². The molecule has 0 aliphatic carbocycles. The third-order valence-electron chi connectivity index (χ3n) is 3.39. The monoisotopic (exact) mass is 399 g/mol. The van der Waals surface area contributed by atoms with Crippen LogP contribution >= 0.6 is 7.60 Å². The van der Waals surface area contributed by atoms with Crippen LogP contribution < -0.4 is 0 Å². The fourth-order valence-electron chi connectivity index (χ4n) is 1.90. The molecule has 148 valence electrons. The maximum Gasteiger partial charge on any atom is 0.394 e. The molecule has 0 unspecified atom stereocenters. The number of amides is 1. The van der Waals surface area contributed by atoms with Crippen LogP contribution in [-0.2, 0) is 20.8 Å². The van der Waals surface area contributed by atoms with Gasteiger partial charge < -0.3 is 25.1 Å². The minimum absolute atomic E-state index is 0.0543. The Morgan fingerprint density at radius 3 is 2.23 bits per heavy atom. The van der Waals surface area contributed by atoms with E-state index in [1.54, 1.807) is 30.3 Å². The Morgan fingerprint density at radius 1 is 1.15 bits per heavy atom. The lowest BCUT2D eigenvalue weighted by Gasteiger charge is -2.28. The third kappa shape index (κ3) is 6.69. The number of aliphatic hydroxyl groups is 3. The summed E-state index contributed by atoms with van der Waals surface area (Å²) in [5, 5.41) is 29.5. The van der Waals surface area contributed by atoms with Crippen LogP contribution in [0.4, 0.5) is 8.78 Å². The van der Waals surface area contributed by atoms with E-state index in [1.807, 2.05) is 0 Å². The number of alkyl halides is 2. The molecule has 0 radical (unpaired) electrons. The van der Waals surface area contributed by atoms with E-state index in [4.69, 9.17) is 14.6 Å². The summed E-state index contributed by atoms with van der Waals surface area (Å²) < 4.78 is 37.1. The molecule has 0 saturated heterocycles. The fourth-order valence-corrected chi connectivity index (χ4v) is 2.32. The van der Waals surface area contributed by atoms with Crippen molar-refractivity contribution in [1.82, 2.24) is 5.06 Å². The highest BCUT2D eigenvalue weighted by molar-refractivity contribution is 7.53. The summed E-state index contributed by atoms with van der Waals surface area (Å²) in [4.78, 5) is 33.0. The zero-order valence-electron chi connectivity index (χ0n) is 13.4. The minimum Gasteiger partial charge on any atom is -0.390 e. The number of benzene rings is 1. The van der Waals surface area contributed by atoms with Gasteiger partial charge in [-0.15, -0.1) is 0 Å². The maximum absolute atomic E-state index is 13.2. The number of hydroxylamine groups is 2. The topological polar surface area (TPSA) is 148 Å². The second kappa shape index (κ2) is 9.47. The molecule has 0 aliphatic rings. The molecule has 1 amide bonds. The molecule has 0 aliphatic heterocycles. The molecule has 0 spiro atoms. The number of aliphatic hydroxyl groups excluding tert-OH is 3. The lowest BCUT2D eigenvalue weighted by molar-refractivity contribution is -0.193. The standard InChI is InChI=1S/C14H20F2NO8P/c15-14(16,26(22,23)24)6-11(19)13(21)12(20)7-17(9-18)25-8-10-4-2-1-3-5-10/h1-5,9,11-13,19-21H,6-8H2,(H2,22,23,24)/t11-,12+,13-/m1/s1. The lowest BCUT2D eigenvalue weighted by Crippen LogP contribution is -2.46. The van der Waals surface area contributed by atoms with E-state index < -0.39 is 44.5 Å². The van der Waals surface area contributed by atoms with E-state index in [1.165, 1.54) is 0 Å². The van der Waals surface area contributed by atoms with Crippen molar-refractivity contribution >= 4 is 14.0 Å². The molecule has 0 fully saturated rings. The molecule has 0 bridgehead atoms. The SMILES string of the molecule is O=CN(C[C@H](O)[C@H](O)[C@H](O)CC(F)(F)P(=O)(O)O)OCc1ccccc1. The number of hydrogen-bond acceptors (Lipinski definition) is 6. The molecule has 1 aromatic rings. The molecule has 12 heteroatoms. The number of rotatable bonds is 11. The number of carbonyl (C=O) groups excluding carboxylic acids is 1. The Kier molecular flexibility index (Phi) is 8.22. The van der Waals surface area contributed by atoms with Gasteiger partial charge in [0, 0.05) is 0 Å². The van der Waals surface area contributed by atoms with Gasteiger partial charge in [0.15, 0.2) is 0 Å². The van der Waals surface area contributed by atoms with E-state index >= 15 is 0 Å². The maximum atomic E-state index is 13.2. The Labute approximate surface area is 147 Å². The largest absolute Gasteiger partial charge is 0.394 e. The predicted molar refractivity (Wildman–Crippen MR) is 83.6 cm³/mol. The van der Waals surface area contributed by atoms with Crippen molar-refractivity contribution in [2.24, 2.45) is 0 Å². The first kappa shape index (κ1) is 22.6. The van der Waals surface area contributed by atoms with Crippen LogP contribution in [0.5, 0.6) is 0 Å². The van der Waals surface area contributed by atoms with Gasteiger partial charge in [0.25, 0.3) is 0 Å². The van der Waals surface area contributed by atoms with E-state index in [0.717, 1.165) is 0 Å². The van der Waals surface area contributed by atoms with Crippen LogP contribution in [0, 0.1) is 0 Å². The van der Waals surface area contributed by atoms with Crippen LogP contribution in [-0.4, -0.2) is 67.1 Å². The highest BCUT2D eigenvalue weighted by atomic mass is 31.2. The third-order valence-corrected chi connectivity index (χ3v) is 4.43. The molecule has 1 rings (SSSR count). The van der Waals surface area contributed by atoms with Crippen LogP contribution in [0.1, 0.15) is 12.0 Å². The average molecular weight is 399 g/mol. The van der Waals surface area contributed by atoms with Crippen molar-refractivity contribution in [3.63, 3.8) is 0 Å². The molecule has 9 nitrogen and oxygen atoms in total. The minimum atomic E-state index is -5.85. The molecular weight excluding hydrogens is 379 g/mol. The van der Waals surface area contributed by atoms with Crippen molar-refractivity contribution in [2.75, 3.05) is 6.54 Å². The average Bonchev–Trinajstić information content (AvgIpc) is 2.57. The van der Waals surface area contributed by atoms with Crippen molar-refractivity contribution in [3.05, 3.63) is 35.9 Å². The van der Waals surface area contributed by atoms with Crippen molar-refractivity contribution in [2.45, 2.75) is 37.0 Å². The summed E-state index contributed by atoms with van der Waals surface area (Å²) in [7, 11) is -5.85. The van der Waals surface area contributed by atoms with Gasteiger partial charge in [0.1, 0.15) is 18.8 Å². The van der Waals surface area contributed by atoms with Crippen molar-refractivity contribution < 1.29 is 48.1 Å². The Bertz CT molecular complexity index is 614. The van der Waals surface area contributed by atoms with Crippen LogP contribution in [0.25, 0.3) is 0 Å². The molecule has 3 atom stereocenters. The zero-order chi connectivity index (χ0) is 20.0. The molecule has 0 heterocycles. The van der Waals surface area contributed by atoms with Crippen LogP contribution in [0.3, 0.4) is 0 Å². The summed E-state index contributed by atoms with van der Waals surface area (Å²) in [6.45, 7) is -0.725. The fraction of sp³-hybridized carbons (Fsp3) is 0.500. The van der Waals surface area contributed by atoms with Gasteiger partial charge in [-0.3, -0.25) is 14.2 Å². The Hall–Kier alpha value is -1.46. The summed E-state index contributed by atoms with van der Waals surface area (Å²) in [6.07, 6.45) is -8.05. The van der Waals surface area contributed by atoms with Crippen LogP contribution in [0.15, 0.2) is 30.3 Å². The number of hydrogen-bond donors (Lipinski definition) is 5. The Morgan fingerprint density at radius 2 is 1.73 bits per heavy atom. The quantitative estimate of drug-likeness (QED) is 0.196. The highest BCUT2D eigenvalue weighted by Gasteiger charge is 2.51. The van der Waals surface area contributed by atoms with E-state index in [0.29, 0.717) is 10.6 Å². The highest BCUT2D eigenvalue weighted by Crippen LogP contribution is 2.55.